The second-order valence-electron chi connectivity index (χ2n) is 8.96. The lowest BCUT2D eigenvalue weighted by Gasteiger charge is -2.28. The average molecular weight is 417 g/mol. The summed E-state index contributed by atoms with van der Waals surface area (Å²) in [5.74, 6) is 0.876. The van der Waals surface area contributed by atoms with Gasteiger partial charge in [-0.3, -0.25) is 0 Å². The van der Waals surface area contributed by atoms with Crippen molar-refractivity contribution in [2.75, 3.05) is 31.1 Å². The number of benzene rings is 2. The van der Waals surface area contributed by atoms with Crippen LogP contribution in [0.25, 0.3) is 10.9 Å². The van der Waals surface area contributed by atoms with Crippen molar-refractivity contribution < 1.29 is 4.74 Å². The lowest BCUT2D eigenvalue weighted by Crippen LogP contribution is -2.36. The zero-order valence-electron chi connectivity index (χ0n) is 18.6. The summed E-state index contributed by atoms with van der Waals surface area (Å²) in [4.78, 5) is 12.1. The summed E-state index contributed by atoms with van der Waals surface area (Å²) >= 11 is 0. The summed E-state index contributed by atoms with van der Waals surface area (Å²) in [5.41, 5.74) is 6.14. The van der Waals surface area contributed by atoms with Crippen molar-refractivity contribution in [3.05, 3.63) is 64.8 Å². The molecule has 0 unspecified atom stereocenters. The Morgan fingerprint density at radius 1 is 1.06 bits per heavy atom. The quantitative estimate of drug-likeness (QED) is 0.678. The van der Waals surface area contributed by atoms with Crippen molar-refractivity contribution >= 4 is 16.9 Å². The molecule has 0 aliphatic carbocycles. The summed E-state index contributed by atoms with van der Waals surface area (Å²) < 4.78 is 6.09. The molecular weight excluding hydrogens is 384 g/mol. The number of rotatable bonds is 4. The third-order valence-corrected chi connectivity index (χ3v) is 6.73. The SMILES string of the molecule is Cc1ccc2c(C)nc(N3CCC[C@@H](NC[C@@H]4OCCc5ccccc54)CC3)nc2c1. The Labute approximate surface area is 184 Å². The van der Waals surface area contributed by atoms with Crippen LogP contribution < -0.4 is 10.2 Å². The lowest BCUT2D eigenvalue weighted by molar-refractivity contribution is 0.0404. The van der Waals surface area contributed by atoms with E-state index in [1.807, 2.05) is 0 Å². The number of nitrogens with zero attached hydrogens (tertiary/aromatic N) is 3. The average Bonchev–Trinajstić information content (AvgIpc) is 3.03. The minimum atomic E-state index is 0.166. The zero-order valence-corrected chi connectivity index (χ0v) is 18.6. The second-order valence-corrected chi connectivity index (χ2v) is 8.96. The second kappa shape index (κ2) is 8.93. The molecule has 5 rings (SSSR count). The Morgan fingerprint density at radius 2 is 1.97 bits per heavy atom. The van der Waals surface area contributed by atoms with Crippen LogP contribution in [-0.4, -0.2) is 42.3 Å². The highest BCUT2D eigenvalue weighted by atomic mass is 16.5. The van der Waals surface area contributed by atoms with Crippen LogP contribution in [-0.2, 0) is 11.2 Å². The summed E-state index contributed by atoms with van der Waals surface area (Å²) in [6, 6.07) is 15.7. The first-order valence-electron chi connectivity index (χ1n) is 11.6. The number of anilines is 1. The van der Waals surface area contributed by atoms with Gasteiger partial charge in [0.2, 0.25) is 5.95 Å². The Bertz CT molecular complexity index is 1070. The number of hydrogen-bond acceptors (Lipinski definition) is 5. The Kier molecular flexibility index (Phi) is 5.88. The van der Waals surface area contributed by atoms with Crippen molar-refractivity contribution in [1.29, 1.82) is 0 Å². The Morgan fingerprint density at radius 3 is 2.90 bits per heavy atom. The van der Waals surface area contributed by atoms with Crippen LogP contribution in [0.15, 0.2) is 42.5 Å². The largest absolute Gasteiger partial charge is 0.372 e. The predicted octanol–water partition coefficient (Wildman–Crippen LogP) is 4.51. The molecular formula is C26H32N4O. The molecule has 1 fully saturated rings. The maximum atomic E-state index is 6.09. The maximum Gasteiger partial charge on any atom is 0.226 e. The molecule has 31 heavy (non-hydrogen) atoms. The number of ether oxygens (including phenoxy) is 1. The number of nitrogens with one attached hydrogen (secondary N) is 1. The van der Waals surface area contributed by atoms with Gasteiger partial charge >= 0.3 is 0 Å². The normalized spacial score (nSPS) is 21.7. The van der Waals surface area contributed by atoms with Gasteiger partial charge in [-0.05, 0) is 62.3 Å². The summed E-state index contributed by atoms with van der Waals surface area (Å²) in [6.45, 7) is 7.90. The third kappa shape index (κ3) is 4.43. The van der Waals surface area contributed by atoms with Gasteiger partial charge in [0.05, 0.1) is 23.9 Å². The van der Waals surface area contributed by atoms with Crippen molar-refractivity contribution in [2.45, 2.75) is 51.7 Å². The fraction of sp³-hybridized carbons (Fsp3) is 0.462. The van der Waals surface area contributed by atoms with Gasteiger partial charge in [-0.2, -0.15) is 0 Å². The van der Waals surface area contributed by atoms with Gasteiger partial charge in [0, 0.05) is 31.1 Å². The fourth-order valence-corrected chi connectivity index (χ4v) is 4.94. The molecule has 2 aliphatic heterocycles. The number of aryl methyl sites for hydroxylation is 2. The van der Waals surface area contributed by atoms with E-state index in [9.17, 15) is 0 Å². The van der Waals surface area contributed by atoms with Gasteiger partial charge in [0.1, 0.15) is 0 Å². The monoisotopic (exact) mass is 416 g/mol. The van der Waals surface area contributed by atoms with Crippen LogP contribution in [0, 0.1) is 13.8 Å². The van der Waals surface area contributed by atoms with E-state index in [0.717, 1.165) is 68.0 Å². The molecule has 2 aliphatic rings. The minimum absolute atomic E-state index is 0.166. The van der Waals surface area contributed by atoms with E-state index in [4.69, 9.17) is 14.7 Å². The smallest absolute Gasteiger partial charge is 0.226 e. The molecule has 0 radical (unpaired) electrons. The fourth-order valence-electron chi connectivity index (χ4n) is 4.94. The minimum Gasteiger partial charge on any atom is -0.372 e. The molecule has 1 saturated heterocycles. The first-order valence-corrected chi connectivity index (χ1v) is 11.6. The van der Waals surface area contributed by atoms with Crippen LogP contribution in [0.3, 0.4) is 0 Å². The van der Waals surface area contributed by atoms with Gasteiger partial charge < -0.3 is 15.0 Å². The molecule has 162 valence electrons. The molecule has 5 nitrogen and oxygen atoms in total. The molecule has 2 aromatic carbocycles. The van der Waals surface area contributed by atoms with Gasteiger partial charge in [0.15, 0.2) is 0 Å². The number of fused-ring (bicyclic) bond motifs is 2. The van der Waals surface area contributed by atoms with Crippen LogP contribution in [0.1, 0.15) is 47.8 Å². The predicted molar refractivity (Wildman–Crippen MR) is 126 cm³/mol. The lowest BCUT2D eigenvalue weighted by atomic mass is 9.97. The molecule has 0 bridgehead atoms. The molecule has 5 heteroatoms. The number of hydrogen-bond donors (Lipinski definition) is 1. The molecule has 3 heterocycles. The van der Waals surface area contributed by atoms with Crippen LogP contribution in [0.4, 0.5) is 5.95 Å². The Hall–Kier alpha value is -2.50. The first-order chi connectivity index (χ1) is 15.2. The molecule has 0 spiro atoms. The molecule has 0 amide bonds. The van der Waals surface area contributed by atoms with E-state index in [0.29, 0.717) is 6.04 Å². The zero-order chi connectivity index (χ0) is 21.2. The standard InChI is InChI=1S/C26H32N4O/c1-18-9-10-22-19(2)28-26(29-24(22)16-18)30-13-5-7-21(11-14-30)27-17-25-23-8-4-3-6-20(23)12-15-31-25/h3-4,6,8-10,16,21,25,27H,5,7,11-15,17H2,1-2H3/t21-,25+/m1/s1. The van der Waals surface area contributed by atoms with Crippen LogP contribution >= 0.6 is 0 Å². The first kappa shape index (κ1) is 20.4. The van der Waals surface area contributed by atoms with E-state index < -0.39 is 0 Å². The maximum absolute atomic E-state index is 6.09. The molecule has 3 aromatic rings. The Balaban J connectivity index is 1.23. The molecule has 1 aromatic heterocycles. The van der Waals surface area contributed by atoms with E-state index in [1.54, 1.807) is 0 Å². The van der Waals surface area contributed by atoms with Crippen LogP contribution in [0.2, 0.25) is 0 Å². The third-order valence-electron chi connectivity index (χ3n) is 6.73. The van der Waals surface area contributed by atoms with E-state index in [-0.39, 0.29) is 6.10 Å². The highest BCUT2D eigenvalue weighted by Gasteiger charge is 2.23. The topological polar surface area (TPSA) is 50.3 Å². The summed E-state index contributed by atoms with van der Waals surface area (Å²) in [5, 5.41) is 4.95. The van der Waals surface area contributed by atoms with Gasteiger partial charge in [0.25, 0.3) is 0 Å². The summed E-state index contributed by atoms with van der Waals surface area (Å²) in [7, 11) is 0. The van der Waals surface area contributed by atoms with Crippen molar-refractivity contribution in [3.8, 4) is 0 Å². The van der Waals surface area contributed by atoms with E-state index in [2.05, 4.69) is 66.5 Å². The van der Waals surface area contributed by atoms with Gasteiger partial charge in [-0.1, -0.05) is 36.4 Å². The van der Waals surface area contributed by atoms with Gasteiger partial charge in [-0.25, -0.2) is 9.97 Å². The van der Waals surface area contributed by atoms with E-state index >= 15 is 0 Å². The van der Waals surface area contributed by atoms with Crippen molar-refractivity contribution in [1.82, 2.24) is 15.3 Å². The molecule has 0 saturated carbocycles. The highest BCUT2D eigenvalue weighted by Crippen LogP contribution is 2.27. The van der Waals surface area contributed by atoms with E-state index in [1.165, 1.54) is 23.1 Å². The van der Waals surface area contributed by atoms with Gasteiger partial charge in [-0.15, -0.1) is 0 Å². The molecule has 2 atom stereocenters. The van der Waals surface area contributed by atoms with Crippen molar-refractivity contribution in [2.24, 2.45) is 0 Å². The molecule has 1 N–H and O–H groups in total. The highest BCUT2D eigenvalue weighted by molar-refractivity contribution is 5.82. The van der Waals surface area contributed by atoms with Crippen molar-refractivity contribution in [3.63, 3.8) is 0 Å². The number of aromatic nitrogens is 2. The summed E-state index contributed by atoms with van der Waals surface area (Å²) in [6.07, 6.45) is 4.61. The van der Waals surface area contributed by atoms with Crippen LogP contribution in [0.5, 0.6) is 0 Å².